The minimum absolute atomic E-state index is 0.630. The van der Waals surface area contributed by atoms with E-state index in [1.165, 1.54) is 12.8 Å². The average molecular weight is 312 g/mol. The Bertz CT molecular complexity index is 621. The molecule has 1 aliphatic heterocycles. The van der Waals surface area contributed by atoms with Crippen molar-refractivity contribution >= 4 is 17.5 Å². The fraction of sp³-hybridized carbons (Fsp3) is 0.444. The quantitative estimate of drug-likeness (QED) is 0.908. The summed E-state index contributed by atoms with van der Waals surface area (Å²) in [5, 5.41) is 3.26. The molecular formula is C18H24N4O. The highest BCUT2D eigenvalue weighted by Crippen LogP contribution is 2.23. The number of aromatic nitrogens is 2. The van der Waals surface area contributed by atoms with Crippen molar-refractivity contribution in [2.45, 2.75) is 26.7 Å². The molecule has 5 nitrogen and oxygen atoms in total. The Hall–Kier alpha value is -2.30. The van der Waals surface area contributed by atoms with Gasteiger partial charge >= 0.3 is 0 Å². The fourth-order valence-electron chi connectivity index (χ4n) is 2.75. The highest BCUT2D eigenvalue weighted by molar-refractivity contribution is 5.56. The molecule has 1 aliphatic rings. The number of nitrogens with one attached hydrogen (secondary N) is 1. The molecule has 1 aromatic carbocycles. The normalized spacial score (nSPS) is 15.5. The number of hydrogen-bond acceptors (Lipinski definition) is 5. The lowest BCUT2D eigenvalue weighted by atomic mass is 9.99. The summed E-state index contributed by atoms with van der Waals surface area (Å²) in [5.41, 5.74) is 0.956. The van der Waals surface area contributed by atoms with Crippen LogP contribution in [-0.4, -0.2) is 29.7 Å². The molecule has 2 aromatic rings. The van der Waals surface area contributed by atoms with Gasteiger partial charge in [-0.05, 0) is 56.0 Å². The second-order valence-corrected chi connectivity index (χ2v) is 5.99. The van der Waals surface area contributed by atoms with Crippen LogP contribution in [0.25, 0.3) is 0 Å². The van der Waals surface area contributed by atoms with Crippen LogP contribution in [0.15, 0.2) is 36.5 Å². The zero-order chi connectivity index (χ0) is 16.1. The predicted octanol–water partition coefficient (Wildman–Crippen LogP) is 3.86. The third kappa shape index (κ3) is 4.12. The molecule has 0 amide bonds. The molecule has 0 spiro atoms. The second kappa shape index (κ2) is 7.31. The van der Waals surface area contributed by atoms with Crippen molar-refractivity contribution in [2.75, 3.05) is 29.9 Å². The fourth-order valence-corrected chi connectivity index (χ4v) is 2.75. The van der Waals surface area contributed by atoms with Crippen molar-refractivity contribution in [1.29, 1.82) is 0 Å². The third-order valence-electron chi connectivity index (χ3n) is 4.17. The van der Waals surface area contributed by atoms with E-state index in [4.69, 9.17) is 4.74 Å². The summed E-state index contributed by atoms with van der Waals surface area (Å²) < 4.78 is 5.45. The number of ether oxygens (including phenoxy) is 1. The van der Waals surface area contributed by atoms with Gasteiger partial charge in [0, 0.05) is 25.0 Å². The lowest BCUT2D eigenvalue weighted by Crippen LogP contribution is -2.33. The van der Waals surface area contributed by atoms with Crippen molar-refractivity contribution in [2.24, 2.45) is 5.92 Å². The third-order valence-corrected chi connectivity index (χ3v) is 4.17. The van der Waals surface area contributed by atoms with E-state index >= 15 is 0 Å². The first kappa shape index (κ1) is 15.6. The number of benzene rings is 1. The van der Waals surface area contributed by atoms with Gasteiger partial charge in [0.1, 0.15) is 11.6 Å². The van der Waals surface area contributed by atoms with E-state index in [1.807, 2.05) is 43.5 Å². The summed E-state index contributed by atoms with van der Waals surface area (Å²) in [7, 11) is 0. The van der Waals surface area contributed by atoms with Gasteiger partial charge in [-0.1, -0.05) is 6.92 Å². The molecule has 3 rings (SSSR count). The van der Waals surface area contributed by atoms with Crippen molar-refractivity contribution in [3.05, 3.63) is 36.5 Å². The molecule has 1 saturated heterocycles. The maximum Gasteiger partial charge on any atom is 0.229 e. The molecule has 0 bridgehead atoms. The van der Waals surface area contributed by atoms with Gasteiger partial charge in [-0.3, -0.25) is 0 Å². The average Bonchev–Trinajstić information content (AvgIpc) is 2.58. The van der Waals surface area contributed by atoms with Gasteiger partial charge < -0.3 is 15.0 Å². The SMILES string of the molecule is CCOc1ccc(Nc2nccc(N3CCC(C)CC3)n2)cc1. The van der Waals surface area contributed by atoms with Gasteiger partial charge in [0.25, 0.3) is 0 Å². The molecule has 0 atom stereocenters. The monoisotopic (exact) mass is 312 g/mol. The van der Waals surface area contributed by atoms with E-state index in [0.717, 1.165) is 36.3 Å². The van der Waals surface area contributed by atoms with Crippen LogP contribution in [0.4, 0.5) is 17.5 Å². The van der Waals surface area contributed by atoms with E-state index in [1.54, 1.807) is 0 Å². The number of nitrogens with zero attached hydrogens (tertiary/aromatic N) is 3. The maximum absolute atomic E-state index is 5.45. The number of rotatable bonds is 5. The Morgan fingerprint density at radius 3 is 2.61 bits per heavy atom. The molecule has 0 unspecified atom stereocenters. The zero-order valence-electron chi connectivity index (χ0n) is 13.8. The van der Waals surface area contributed by atoms with Crippen molar-refractivity contribution in [1.82, 2.24) is 9.97 Å². The first-order valence-electron chi connectivity index (χ1n) is 8.32. The van der Waals surface area contributed by atoms with E-state index in [-0.39, 0.29) is 0 Å². The zero-order valence-corrected chi connectivity index (χ0v) is 13.8. The summed E-state index contributed by atoms with van der Waals surface area (Å²) in [6, 6.07) is 9.83. The van der Waals surface area contributed by atoms with Gasteiger partial charge in [-0.25, -0.2) is 4.98 Å². The molecule has 0 aliphatic carbocycles. The van der Waals surface area contributed by atoms with Crippen LogP contribution in [-0.2, 0) is 0 Å². The van der Waals surface area contributed by atoms with E-state index in [0.29, 0.717) is 12.6 Å². The molecule has 2 heterocycles. The minimum atomic E-state index is 0.630. The molecule has 0 radical (unpaired) electrons. The largest absolute Gasteiger partial charge is 0.494 e. The van der Waals surface area contributed by atoms with Crippen molar-refractivity contribution in [3.63, 3.8) is 0 Å². The van der Waals surface area contributed by atoms with Crippen LogP contribution < -0.4 is 15.0 Å². The van der Waals surface area contributed by atoms with Crippen LogP contribution in [0.1, 0.15) is 26.7 Å². The van der Waals surface area contributed by atoms with E-state index in [2.05, 4.69) is 27.1 Å². The molecule has 122 valence electrons. The molecule has 5 heteroatoms. The van der Waals surface area contributed by atoms with E-state index < -0.39 is 0 Å². The molecule has 1 aromatic heterocycles. The lowest BCUT2D eigenvalue weighted by Gasteiger charge is -2.31. The molecule has 1 fully saturated rings. The summed E-state index contributed by atoms with van der Waals surface area (Å²) in [4.78, 5) is 11.3. The number of hydrogen-bond donors (Lipinski definition) is 1. The lowest BCUT2D eigenvalue weighted by molar-refractivity contribution is 0.340. The topological polar surface area (TPSA) is 50.3 Å². The molecular weight excluding hydrogens is 288 g/mol. The molecule has 1 N–H and O–H groups in total. The van der Waals surface area contributed by atoms with Gasteiger partial charge in [-0.15, -0.1) is 0 Å². The summed E-state index contributed by atoms with van der Waals surface area (Å²) in [5.74, 6) is 3.32. The Morgan fingerprint density at radius 2 is 1.91 bits per heavy atom. The minimum Gasteiger partial charge on any atom is -0.494 e. The van der Waals surface area contributed by atoms with Crippen molar-refractivity contribution < 1.29 is 4.74 Å². The standard InChI is InChI=1S/C18H24N4O/c1-3-23-16-6-4-15(5-7-16)20-18-19-11-8-17(21-18)22-12-9-14(2)10-13-22/h4-8,11,14H,3,9-10,12-13H2,1-2H3,(H,19,20,21). The van der Waals surface area contributed by atoms with Crippen LogP contribution in [0, 0.1) is 5.92 Å². The van der Waals surface area contributed by atoms with Gasteiger partial charge in [0.15, 0.2) is 0 Å². The summed E-state index contributed by atoms with van der Waals surface area (Å²) in [6.45, 7) is 7.11. The van der Waals surface area contributed by atoms with Crippen LogP contribution in [0.5, 0.6) is 5.75 Å². The maximum atomic E-state index is 5.45. The Balaban J connectivity index is 1.67. The predicted molar refractivity (Wildman–Crippen MR) is 93.5 cm³/mol. The van der Waals surface area contributed by atoms with Crippen LogP contribution in [0.3, 0.4) is 0 Å². The first-order chi connectivity index (χ1) is 11.2. The Labute approximate surface area is 137 Å². The molecule has 23 heavy (non-hydrogen) atoms. The highest BCUT2D eigenvalue weighted by atomic mass is 16.5. The van der Waals surface area contributed by atoms with Gasteiger partial charge in [0.2, 0.25) is 5.95 Å². The Kier molecular flexibility index (Phi) is 4.95. The summed E-state index contributed by atoms with van der Waals surface area (Å²) in [6.07, 6.45) is 4.27. The van der Waals surface area contributed by atoms with Crippen LogP contribution in [0.2, 0.25) is 0 Å². The summed E-state index contributed by atoms with van der Waals surface area (Å²) >= 11 is 0. The molecule has 0 saturated carbocycles. The van der Waals surface area contributed by atoms with Crippen molar-refractivity contribution in [3.8, 4) is 5.75 Å². The Morgan fingerprint density at radius 1 is 1.17 bits per heavy atom. The number of piperidine rings is 1. The van der Waals surface area contributed by atoms with Crippen LogP contribution >= 0.6 is 0 Å². The van der Waals surface area contributed by atoms with E-state index in [9.17, 15) is 0 Å². The number of anilines is 3. The smallest absolute Gasteiger partial charge is 0.229 e. The van der Waals surface area contributed by atoms with Gasteiger partial charge in [0.05, 0.1) is 6.61 Å². The van der Waals surface area contributed by atoms with Gasteiger partial charge in [-0.2, -0.15) is 4.98 Å². The first-order valence-corrected chi connectivity index (χ1v) is 8.32. The highest BCUT2D eigenvalue weighted by Gasteiger charge is 2.17. The second-order valence-electron chi connectivity index (χ2n) is 5.99.